The molecule has 164 valence electrons. The fraction of sp³-hybridized carbons (Fsp3) is 0.174. The van der Waals surface area contributed by atoms with Gasteiger partial charge in [0.2, 0.25) is 0 Å². The summed E-state index contributed by atoms with van der Waals surface area (Å²) in [6.07, 6.45) is -0.115. The van der Waals surface area contributed by atoms with Crippen molar-refractivity contribution in [2.24, 2.45) is 5.92 Å². The van der Waals surface area contributed by atoms with Gasteiger partial charge in [-0.2, -0.15) is 13.2 Å². The molecule has 0 saturated heterocycles. The highest BCUT2D eigenvalue weighted by Crippen LogP contribution is 2.37. The van der Waals surface area contributed by atoms with Crippen LogP contribution in [0.3, 0.4) is 0 Å². The van der Waals surface area contributed by atoms with Gasteiger partial charge in [0.05, 0.1) is 23.3 Å². The average molecular weight is 441 g/mol. The van der Waals surface area contributed by atoms with Crippen molar-refractivity contribution in [2.75, 3.05) is 0 Å². The Hall–Kier alpha value is -3.88. The number of alkyl halides is 3. The van der Waals surface area contributed by atoms with Crippen molar-refractivity contribution in [3.05, 3.63) is 116 Å². The lowest BCUT2D eigenvalue weighted by atomic mass is 9.94. The van der Waals surface area contributed by atoms with E-state index in [9.17, 15) is 27.6 Å². The van der Waals surface area contributed by atoms with Gasteiger partial charge < -0.3 is 0 Å². The van der Waals surface area contributed by atoms with Crippen LogP contribution in [0.15, 0.2) is 93.3 Å². The fourth-order valence-electron chi connectivity index (χ4n) is 3.78. The first-order chi connectivity index (χ1) is 15.2. The minimum absolute atomic E-state index is 0.137. The van der Waals surface area contributed by atoms with Crippen LogP contribution in [0, 0.1) is 12.8 Å². The third kappa shape index (κ3) is 3.55. The first-order valence-electron chi connectivity index (χ1n) is 9.75. The quantitative estimate of drug-likeness (QED) is 0.627. The molecule has 0 saturated carbocycles. The first kappa shape index (κ1) is 21.4. The van der Waals surface area contributed by atoms with Crippen LogP contribution < -0.4 is 17.1 Å². The second-order valence-electron chi connectivity index (χ2n) is 7.34. The van der Waals surface area contributed by atoms with Crippen molar-refractivity contribution in [2.45, 2.75) is 19.1 Å². The molecular formula is C23H18F3N3O3. The molecule has 1 aliphatic carbocycles. The summed E-state index contributed by atoms with van der Waals surface area (Å²) in [6.45, 7) is 1.66. The summed E-state index contributed by atoms with van der Waals surface area (Å²) >= 11 is 0. The maximum atomic E-state index is 13.8. The molecule has 1 aromatic heterocycles. The molecule has 0 spiro atoms. The van der Waals surface area contributed by atoms with Crippen molar-refractivity contribution in [3.8, 4) is 11.4 Å². The van der Waals surface area contributed by atoms with Crippen LogP contribution >= 0.6 is 0 Å². The minimum Gasteiger partial charge on any atom is -0.247 e. The molecule has 0 aliphatic heterocycles. The zero-order valence-corrected chi connectivity index (χ0v) is 16.9. The van der Waals surface area contributed by atoms with E-state index in [0.29, 0.717) is 14.7 Å². The lowest BCUT2D eigenvalue weighted by molar-refractivity contribution is -0.169. The summed E-state index contributed by atoms with van der Waals surface area (Å²) in [5.74, 6) is -2.11. The minimum atomic E-state index is -4.71. The zero-order chi connectivity index (χ0) is 23.0. The molecule has 32 heavy (non-hydrogen) atoms. The Labute approximate surface area is 179 Å². The van der Waals surface area contributed by atoms with Crippen molar-refractivity contribution in [1.29, 1.82) is 0 Å². The molecule has 4 rings (SSSR count). The molecule has 9 heteroatoms. The van der Waals surface area contributed by atoms with Gasteiger partial charge in [0.15, 0.2) is 0 Å². The summed E-state index contributed by atoms with van der Waals surface area (Å²) in [5, 5.41) is 0. The monoisotopic (exact) mass is 441 g/mol. The van der Waals surface area contributed by atoms with Crippen LogP contribution in [-0.4, -0.2) is 19.9 Å². The van der Waals surface area contributed by atoms with E-state index in [1.807, 2.05) is 0 Å². The number of rotatable bonds is 3. The Morgan fingerprint density at radius 2 is 1.34 bits per heavy atom. The molecule has 6 nitrogen and oxygen atoms in total. The highest BCUT2D eigenvalue weighted by atomic mass is 19.4. The Bertz CT molecular complexity index is 1400. The third-order valence-corrected chi connectivity index (χ3v) is 5.33. The number of allylic oxidation sites excluding steroid dienone is 4. The summed E-state index contributed by atoms with van der Waals surface area (Å²) in [4.78, 5) is 40.1. The van der Waals surface area contributed by atoms with Gasteiger partial charge in [-0.3, -0.25) is 0 Å². The summed E-state index contributed by atoms with van der Waals surface area (Å²) < 4.78 is 43.2. The van der Waals surface area contributed by atoms with E-state index in [1.54, 1.807) is 43.3 Å². The van der Waals surface area contributed by atoms with Gasteiger partial charge in [-0.15, -0.1) is 0 Å². The van der Waals surface area contributed by atoms with E-state index >= 15 is 0 Å². The van der Waals surface area contributed by atoms with Crippen LogP contribution in [0.25, 0.3) is 11.4 Å². The number of hydrogen-bond acceptors (Lipinski definition) is 3. The zero-order valence-electron chi connectivity index (χ0n) is 16.9. The predicted octanol–water partition coefficient (Wildman–Crippen LogP) is 3.30. The number of hydrogen-bond donors (Lipinski definition) is 0. The molecule has 0 fully saturated rings. The predicted molar refractivity (Wildman–Crippen MR) is 113 cm³/mol. The highest BCUT2D eigenvalue weighted by molar-refractivity contribution is 5.40. The normalized spacial score (nSPS) is 18.1. The van der Waals surface area contributed by atoms with Crippen LogP contribution in [0.4, 0.5) is 13.2 Å². The topological polar surface area (TPSA) is 66.0 Å². The standard InChI is InChI=1S/C23H18F3N3O3/c1-15-9-5-7-13-18(15)28-20(30)27(16-10-3-2-4-11-16)21(31)29(22(28)32)19-14-8-6-12-17(19)23(24,25)26/h2-14,17,19H,1H3. The molecule has 2 unspecified atom stereocenters. The Balaban J connectivity index is 2.13. The molecule has 2 aromatic carbocycles. The Kier molecular flexibility index (Phi) is 5.33. The average Bonchev–Trinajstić information content (AvgIpc) is 2.75. The van der Waals surface area contributed by atoms with Crippen molar-refractivity contribution in [3.63, 3.8) is 0 Å². The van der Waals surface area contributed by atoms with E-state index in [1.165, 1.54) is 30.4 Å². The van der Waals surface area contributed by atoms with Gasteiger partial charge in [-0.1, -0.05) is 60.7 Å². The Morgan fingerprint density at radius 3 is 2.00 bits per heavy atom. The van der Waals surface area contributed by atoms with Crippen LogP contribution in [-0.2, 0) is 0 Å². The molecule has 2 atom stereocenters. The number of benzene rings is 2. The van der Waals surface area contributed by atoms with E-state index in [2.05, 4.69) is 0 Å². The molecule has 0 radical (unpaired) electrons. The summed E-state index contributed by atoms with van der Waals surface area (Å²) in [7, 11) is 0. The van der Waals surface area contributed by atoms with Gasteiger partial charge in [-0.25, -0.2) is 28.1 Å². The third-order valence-electron chi connectivity index (χ3n) is 5.33. The van der Waals surface area contributed by atoms with Gasteiger partial charge in [-0.05, 0) is 30.7 Å². The van der Waals surface area contributed by atoms with E-state index in [-0.39, 0.29) is 11.4 Å². The van der Waals surface area contributed by atoms with Gasteiger partial charge in [0.1, 0.15) is 0 Å². The summed E-state index contributed by atoms with van der Waals surface area (Å²) in [6, 6.07) is 12.6. The molecule has 1 heterocycles. The smallest absolute Gasteiger partial charge is 0.247 e. The van der Waals surface area contributed by atoms with Gasteiger partial charge in [0, 0.05) is 0 Å². The van der Waals surface area contributed by atoms with Crippen molar-refractivity contribution in [1.82, 2.24) is 13.7 Å². The Morgan fingerprint density at radius 1 is 0.750 bits per heavy atom. The number of aryl methyl sites for hydroxylation is 1. The molecule has 0 bridgehead atoms. The van der Waals surface area contributed by atoms with Crippen LogP contribution in [0.1, 0.15) is 11.6 Å². The van der Waals surface area contributed by atoms with Crippen LogP contribution in [0.5, 0.6) is 0 Å². The maximum Gasteiger partial charge on any atom is 0.397 e. The van der Waals surface area contributed by atoms with Crippen molar-refractivity contribution < 1.29 is 13.2 Å². The molecule has 0 amide bonds. The number of halogens is 3. The van der Waals surface area contributed by atoms with E-state index < -0.39 is 35.2 Å². The number of nitrogens with zero attached hydrogens (tertiary/aromatic N) is 3. The SMILES string of the molecule is Cc1ccccc1-n1c(=O)n(-c2ccccc2)c(=O)n(C2C=CC=CC2C(F)(F)F)c1=O. The maximum absolute atomic E-state index is 13.8. The molecular weight excluding hydrogens is 423 g/mol. The first-order valence-corrected chi connectivity index (χ1v) is 9.75. The lowest BCUT2D eigenvalue weighted by Gasteiger charge is -2.28. The number of para-hydroxylation sites is 2. The van der Waals surface area contributed by atoms with Crippen molar-refractivity contribution >= 4 is 0 Å². The van der Waals surface area contributed by atoms with E-state index in [4.69, 9.17) is 0 Å². The molecule has 3 aromatic rings. The molecule has 1 aliphatic rings. The highest BCUT2D eigenvalue weighted by Gasteiger charge is 2.45. The molecule has 0 N–H and O–H groups in total. The second-order valence-corrected chi connectivity index (χ2v) is 7.34. The van der Waals surface area contributed by atoms with Gasteiger partial charge in [0.25, 0.3) is 0 Å². The van der Waals surface area contributed by atoms with Crippen LogP contribution in [0.2, 0.25) is 0 Å². The second kappa shape index (κ2) is 7.99. The lowest BCUT2D eigenvalue weighted by Crippen LogP contribution is -2.56. The largest absolute Gasteiger partial charge is 0.397 e. The summed E-state index contributed by atoms with van der Waals surface area (Å²) in [5.41, 5.74) is -2.38. The number of aromatic nitrogens is 3. The fourth-order valence-corrected chi connectivity index (χ4v) is 3.78. The van der Waals surface area contributed by atoms with E-state index in [0.717, 1.165) is 16.7 Å². The van der Waals surface area contributed by atoms with Gasteiger partial charge >= 0.3 is 23.2 Å².